The van der Waals surface area contributed by atoms with Crippen molar-refractivity contribution in [2.75, 3.05) is 53.0 Å². The summed E-state index contributed by atoms with van der Waals surface area (Å²) in [6.45, 7) is 10.6. The number of hydrogen-bond donors (Lipinski definition) is 1. The Balaban J connectivity index is 1.63. The predicted molar refractivity (Wildman–Crippen MR) is 88.1 cm³/mol. The van der Waals surface area contributed by atoms with E-state index in [0.29, 0.717) is 31.7 Å². The second-order valence-electron chi connectivity index (χ2n) is 6.99. The third kappa shape index (κ3) is 5.46. The summed E-state index contributed by atoms with van der Waals surface area (Å²) in [5.74, 6) is 0.652. The fourth-order valence-corrected chi connectivity index (χ4v) is 3.79. The van der Waals surface area contributed by atoms with Crippen LogP contribution in [-0.2, 0) is 9.47 Å². The van der Waals surface area contributed by atoms with Crippen molar-refractivity contribution in [3.63, 3.8) is 0 Å². The lowest BCUT2D eigenvalue weighted by molar-refractivity contribution is -0.0314. The first-order chi connectivity index (χ1) is 10.6. The highest BCUT2D eigenvalue weighted by molar-refractivity contribution is 4.84. The summed E-state index contributed by atoms with van der Waals surface area (Å²) in [7, 11) is 2.13. The highest BCUT2D eigenvalue weighted by Crippen LogP contribution is 2.21. The molecular weight excluding hydrogens is 280 g/mol. The molecule has 1 N–H and O–H groups in total. The number of aliphatic hydroxyl groups is 1. The molecule has 0 spiro atoms. The molecule has 5 nitrogen and oxygen atoms in total. The maximum atomic E-state index is 10.2. The molecule has 2 aliphatic rings. The van der Waals surface area contributed by atoms with Crippen LogP contribution in [0.1, 0.15) is 33.1 Å². The van der Waals surface area contributed by atoms with Gasteiger partial charge in [0.1, 0.15) is 0 Å². The number of hydrogen-bond acceptors (Lipinski definition) is 5. The standard InChI is InChI=1S/C17H34N2O3/c1-4-19-8-7-17(14(2)10-19)18(3)11-15(20)12-21-13-16-6-5-9-22-16/h14-17,20H,4-13H2,1-3H3. The topological polar surface area (TPSA) is 45.2 Å². The van der Waals surface area contributed by atoms with E-state index in [4.69, 9.17) is 9.47 Å². The maximum Gasteiger partial charge on any atom is 0.0900 e. The third-order valence-corrected chi connectivity index (χ3v) is 5.09. The van der Waals surface area contributed by atoms with Crippen LogP contribution in [0.15, 0.2) is 0 Å². The van der Waals surface area contributed by atoms with Crippen molar-refractivity contribution in [1.82, 2.24) is 9.80 Å². The lowest BCUT2D eigenvalue weighted by Gasteiger charge is -2.41. The van der Waals surface area contributed by atoms with E-state index in [1.54, 1.807) is 0 Å². The number of likely N-dealkylation sites (N-methyl/N-ethyl adjacent to an activating group) is 1. The van der Waals surface area contributed by atoms with Crippen LogP contribution in [0.5, 0.6) is 0 Å². The van der Waals surface area contributed by atoms with E-state index in [9.17, 15) is 5.11 Å². The Morgan fingerprint density at radius 2 is 2.23 bits per heavy atom. The Morgan fingerprint density at radius 3 is 2.86 bits per heavy atom. The molecule has 0 saturated carbocycles. The van der Waals surface area contributed by atoms with E-state index in [-0.39, 0.29) is 6.10 Å². The van der Waals surface area contributed by atoms with Gasteiger partial charge >= 0.3 is 0 Å². The normalized spacial score (nSPS) is 31.8. The van der Waals surface area contributed by atoms with Crippen LogP contribution >= 0.6 is 0 Å². The number of ether oxygens (including phenoxy) is 2. The van der Waals surface area contributed by atoms with Gasteiger partial charge in [-0.05, 0) is 45.3 Å². The van der Waals surface area contributed by atoms with Crippen molar-refractivity contribution in [2.24, 2.45) is 5.92 Å². The van der Waals surface area contributed by atoms with E-state index < -0.39 is 6.10 Å². The van der Waals surface area contributed by atoms with Gasteiger partial charge in [0, 0.05) is 25.7 Å². The highest BCUT2D eigenvalue weighted by Gasteiger charge is 2.29. The van der Waals surface area contributed by atoms with Gasteiger partial charge in [0.05, 0.1) is 25.4 Å². The van der Waals surface area contributed by atoms with Gasteiger partial charge in [-0.1, -0.05) is 13.8 Å². The molecule has 130 valence electrons. The maximum absolute atomic E-state index is 10.2. The molecule has 2 saturated heterocycles. The molecule has 0 aromatic rings. The van der Waals surface area contributed by atoms with Crippen LogP contribution in [0.2, 0.25) is 0 Å². The molecule has 2 heterocycles. The fourth-order valence-electron chi connectivity index (χ4n) is 3.79. The summed E-state index contributed by atoms with van der Waals surface area (Å²) < 4.78 is 11.1. The van der Waals surface area contributed by atoms with Crippen molar-refractivity contribution >= 4 is 0 Å². The summed E-state index contributed by atoms with van der Waals surface area (Å²) in [5.41, 5.74) is 0. The summed E-state index contributed by atoms with van der Waals surface area (Å²) in [5, 5.41) is 10.2. The van der Waals surface area contributed by atoms with Crippen LogP contribution in [0.4, 0.5) is 0 Å². The summed E-state index contributed by atoms with van der Waals surface area (Å²) in [6.07, 6.45) is 3.23. The van der Waals surface area contributed by atoms with Gasteiger partial charge in [-0.3, -0.25) is 0 Å². The Bertz CT molecular complexity index is 310. The zero-order valence-corrected chi connectivity index (χ0v) is 14.5. The number of aliphatic hydroxyl groups excluding tert-OH is 1. The second kappa shape index (κ2) is 9.18. The van der Waals surface area contributed by atoms with Crippen molar-refractivity contribution in [2.45, 2.75) is 51.4 Å². The monoisotopic (exact) mass is 314 g/mol. The van der Waals surface area contributed by atoms with Gasteiger partial charge in [-0.2, -0.15) is 0 Å². The predicted octanol–water partition coefficient (Wildman–Crippen LogP) is 1.21. The highest BCUT2D eigenvalue weighted by atomic mass is 16.5. The quantitative estimate of drug-likeness (QED) is 0.729. The van der Waals surface area contributed by atoms with Crippen LogP contribution in [0.25, 0.3) is 0 Å². The molecule has 0 aromatic carbocycles. The average Bonchev–Trinajstić information content (AvgIpc) is 3.00. The summed E-state index contributed by atoms with van der Waals surface area (Å²) in [6, 6.07) is 0.565. The van der Waals surface area contributed by atoms with Crippen molar-refractivity contribution in [3.8, 4) is 0 Å². The molecule has 22 heavy (non-hydrogen) atoms. The summed E-state index contributed by atoms with van der Waals surface area (Å²) >= 11 is 0. The largest absolute Gasteiger partial charge is 0.389 e. The van der Waals surface area contributed by atoms with E-state index in [0.717, 1.165) is 32.5 Å². The van der Waals surface area contributed by atoms with Crippen molar-refractivity contribution in [1.29, 1.82) is 0 Å². The number of nitrogens with zero attached hydrogens (tertiary/aromatic N) is 2. The lowest BCUT2D eigenvalue weighted by Crippen LogP contribution is -2.50. The molecule has 4 unspecified atom stereocenters. The van der Waals surface area contributed by atoms with E-state index in [1.165, 1.54) is 13.0 Å². The van der Waals surface area contributed by atoms with Crippen molar-refractivity contribution in [3.05, 3.63) is 0 Å². The van der Waals surface area contributed by atoms with Crippen molar-refractivity contribution < 1.29 is 14.6 Å². The first kappa shape index (κ1) is 18.1. The lowest BCUT2D eigenvalue weighted by atomic mass is 9.92. The molecule has 0 aliphatic carbocycles. The first-order valence-electron chi connectivity index (χ1n) is 8.90. The molecule has 2 fully saturated rings. The van der Waals surface area contributed by atoms with Gasteiger partial charge in [-0.25, -0.2) is 0 Å². The molecular formula is C17H34N2O3. The molecule has 0 amide bonds. The van der Waals surface area contributed by atoms with E-state index in [1.807, 2.05) is 0 Å². The van der Waals surface area contributed by atoms with Crippen LogP contribution < -0.4 is 0 Å². The zero-order chi connectivity index (χ0) is 15.9. The molecule has 5 heteroatoms. The Labute approximate surface area is 135 Å². The fraction of sp³-hybridized carbons (Fsp3) is 1.00. The van der Waals surface area contributed by atoms with Crippen LogP contribution in [0.3, 0.4) is 0 Å². The first-order valence-corrected chi connectivity index (χ1v) is 8.90. The smallest absolute Gasteiger partial charge is 0.0900 e. The van der Waals surface area contributed by atoms with Gasteiger partial charge in [0.2, 0.25) is 0 Å². The average molecular weight is 314 g/mol. The molecule has 0 bridgehead atoms. The third-order valence-electron chi connectivity index (χ3n) is 5.09. The minimum atomic E-state index is -0.414. The van der Waals surface area contributed by atoms with Crippen LogP contribution in [-0.4, -0.2) is 86.2 Å². The second-order valence-corrected chi connectivity index (χ2v) is 6.99. The Kier molecular flexibility index (Phi) is 7.57. The molecule has 0 aromatic heterocycles. The van der Waals surface area contributed by atoms with E-state index in [2.05, 4.69) is 30.7 Å². The van der Waals surface area contributed by atoms with E-state index >= 15 is 0 Å². The minimum Gasteiger partial charge on any atom is -0.389 e. The summed E-state index contributed by atoms with van der Waals surface area (Å²) in [4.78, 5) is 4.83. The van der Waals surface area contributed by atoms with Gasteiger partial charge in [0.15, 0.2) is 0 Å². The molecule has 0 radical (unpaired) electrons. The minimum absolute atomic E-state index is 0.239. The van der Waals surface area contributed by atoms with Gasteiger partial charge < -0.3 is 24.4 Å². The van der Waals surface area contributed by atoms with Gasteiger partial charge in [0.25, 0.3) is 0 Å². The van der Waals surface area contributed by atoms with Gasteiger partial charge in [-0.15, -0.1) is 0 Å². The van der Waals surface area contributed by atoms with Crippen LogP contribution in [0, 0.1) is 5.92 Å². The number of rotatable bonds is 8. The SMILES string of the molecule is CCN1CCC(N(C)CC(O)COCC2CCCO2)C(C)C1. The molecule has 4 atom stereocenters. The molecule has 2 rings (SSSR count). The Morgan fingerprint density at radius 1 is 1.41 bits per heavy atom. The Hall–Kier alpha value is -0.200. The zero-order valence-electron chi connectivity index (χ0n) is 14.5. The number of likely N-dealkylation sites (tertiary alicyclic amines) is 1. The number of piperidine rings is 1. The molecule has 2 aliphatic heterocycles.